The van der Waals surface area contributed by atoms with Crippen LogP contribution in [0.25, 0.3) is 0 Å². The van der Waals surface area contributed by atoms with Gasteiger partial charge in [0.15, 0.2) is 0 Å². The number of hydrogen-bond donors (Lipinski definition) is 3. The average molecular weight is 319 g/mol. The molecule has 0 unspecified atom stereocenters. The number of carboxylic acids is 1. The second-order valence-corrected chi connectivity index (χ2v) is 3.09. The first-order valence-corrected chi connectivity index (χ1v) is 5.69. The molecule has 0 aromatic carbocycles. The molecule has 0 saturated heterocycles. The summed E-state index contributed by atoms with van der Waals surface area (Å²) in [7, 11) is 0. The maximum atomic E-state index is 10.2. The molecule has 0 heterocycles. The third-order valence-corrected chi connectivity index (χ3v) is 1.19. The average Bonchev–Trinajstić information content (AvgIpc) is 2.44. The van der Waals surface area contributed by atoms with Crippen LogP contribution in [0.1, 0.15) is 13.3 Å². The number of carbonyl (C=O) groups excluding carboxylic acids is 3. The van der Waals surface area contributed by atoms with Crippen molar-refractivity contribution in [2.75, 3.05) is 6.61 Å². The first kappa shape index (κ1) is 24.5. The Morgan fingerprint density at radius 2 is 1.45 bits per heavy atom. The third kappa shape index (κ3) is 30.5. The lowest BCUT2D eigenvalue weighted by atomic mass is 10.5. The van der Waals surface area contributed by atoms with E-state index in [1.807, 2.05) is 6.92 Å². The summed E-state index contributed by atoms with van der Waals surface area (Å²) in [6.07, 6.45) is 0.0257. The van der Waals surface area contributed by atoms with Gasteiger partial charge in [-0.25, -0.2) is 9.59 Å². The minimum atomic E-state index is -3.40. The molecule has 0 aliphatic heterocycles. The van der Waals surface area contributed by atoms with Gasteiger partial charge in [0.2, 0.25) is 0 Å². The third-order valence-electron chi connectivity index (χ3n) is 1.19. The van der Waals surface area contributed by atoms with Gasteiger partial charge in [0, 0.05) is 12.2 Å². The summed E-state index contributed by atoms with van der Waals surface area (Å²) in [5, 5.41) is 33.0. The van der Waals surface area contributed by atoms with E-state index in [2.05, 4.69) is 29.2 Å². The number of esters is 2. The standard InChI is InChI=1S/C6H10O2.C4H6O5.C3H4O2/c1-3-5-8-6(7)4-2;1-2-3(5)9-4(6,7)8;1-2-3(4)5/h4H,2-3,5H2,1H3;2,6-8H,1H2;2H,1H2,(H,4,5)/p-1. The van der Waals surface area contributed by atoms with E-state index < -0.39 is 18.1 Å². The zero-order valence-corrected chi connectivity index (χ0v) is 12.1. The molecule has 0 aliphatic carbocycles. The van der Waals surface area contributed by atoms with E-state index in [4.69, 9.17) is 25.2 Å². The summed E-state index contributed by atoms with van der Waals surface area (Å²) < 4.78 is 8.08. The molecule has 0 aromatic heterocycles. The second-order valence-electron chi connectivity index (χ2n) is 3.09. The number of carboxylic acid groups (broad SMARTS) is 1. The molecule has 9 nitrogen and oxygen atoms in total. The molecule has 126 valence electrons. The molecule has 22 heavy (non-hydrogen) atoms. The lowest BCUT2D eigenvalue weighted by Crippen LogP contribution is -2.33. The lowest BCUT2D eigenvalue weighted by Gasteiger charge is -2.11. The Morgan fingerprint density at radius 1 is 1.05 bits per heavy atom. The molecular weight excluding hydrogens is 300 g/mol. The topological polar surface area (TPSA) is 153 Å². The molecule has 0 saturated carbocycles. The minimum absolute atomic E-state index is 0.341. The van der Waals surface area contributed by atoms with Crippen molar-refractivity contribution in [1.82, 2.24) is 0 Å². The summed E-state index contributed by atoms with van der Waals surface area (Å²) in [4.78, 5) is 29.4. The first-order chi connectivity index (χ1) is 10.0. The van der Waals surface area contributed by atoms with Crippen LogP contribution < -0.4 is 5.11 Å². The maximum Gasteiger partial charge on any atom is 0.455 e. The van der Waals surface area contributed by atoms with Crippen LogP contribution >= 0.6 is 0 Å². The van der Waals surface area contributed by atoms with Crippen molar-refractivity contribution in [3.8, 4) is 0 Å². The molecule has 0 aliphatic rings. The van der Waals surface area contributed by atoms with E-state index in [-0.39, 0.29) is 5.97 Å². The quantitative estimate of drug-likeness (QED) is 0.297. The largest absolute Gasteiger partial charge is 0.545 e. The molecular formula is C13H19O9-. The van der Waals surface area contributed by atoms with E-state index in [9.17, 15) is 9.59 Å². The zero-order chi connectivity index (χ0) is 18.2. The van der Waals surface area contributed by atoms with E-state index in [0.29, 0.717) is 12.7 Å². The maximum absolute atomic E-state index is 10.2. The van der Waals surface area contributed by atoms with Gasteiger partial charge in [-0.1, -0.05) is 26.7 Å². The van der Waals surface area contributed by atoms with Gasteiger partial charge in [0.25, 0.3) is 0 Å². The summed E-state index contributed by atoms with van der Waals surface area (Å²) in [5.41, 5.74) is 0. The van der Waals surface area contributed by atoms with Crippen molar-refractivity contribution in [2.24, 2.45) is 0 Å². The Bertz CT molecular complexity index is 379. The number of aliphatic hydroxyl groups is 3. The Balaban J connectivity index is -0.000000257. The summed E-state index contributed by atoms with van der Waals surface area (Å²) >= 11 is 0. The van der Waals surface area contributed by atoms with Crippen LogP contribution in [-0.2, 0) is 23.9 Å². The van der Waals surface area contributed by atoms with E-state index >= 15 is 0 Å². The molecule has 3 N–H and O–H groups in total. The first-order valence-electron chi connectivity index (χ1n) is 5.69. The van der Waals surface area contributed by atoms with Gasteiger partial charge in [-0.3, -0.25) is 0 Å². The predicted octanol–water partition coefficient (Wildman–Crippen LogP) is -1.65. The molecule has 0 radical (unpaired) electrons. The number of aliphatic carboxylic acids is 1. The fourth-order valence-electron chi connectivity index (χ4n) is 0.438. The minimum Gasteiger partial charge on any atom is -0.545 e. The lowest BCUT2D eigenvalue weighted by molar-refractivity contribution is -0.434. The van der Waals surface area contributed by atoms with Crippen LogP contribution in [0.3, 0.4) is 0 Å². The van der Waals surface area contributed by atoms with E-state index in [0.717, 1.165) is 18.6 Å². The van der Waals surface area contributed by atoms with E-state index in [1.54, 1.807) is 0 Å². The van der Waals surface area contributed by atoms with Crippen molar-refractivity contribution in [3.05, 3.63) is 38.0 Å². The molecule has 0 rings (SSSR count). The van der Waals surface area contributed by atoms with Crippen LogP contribution in [0.5, 0.6) is 0 Å². The molecule has 0 amide bonds. The van der Waals surface area contributed by atoms with Crippen molar-refractivity contribution in [2.45, 2.75) is 19.5 Å². The van der Waals surface area contributed by atoms with Crippen LogP contribution in [0.4, 0.5) is 0 Å². The smallest absolute Gasteiger partial charge is 0.455 e. The van der Waals surface area contributed by atoms with E-state index in [1.165, 1.54) is 0 Å². The fraction of sp³-hybridized carbons (Fsp3) is 0.308. The highest BCUT2D eigenvalue weighted by molar-refractivity contribution is 5.81. The zero-order valence-electron chi connectivity index (χ0n) is 12.1. The molecule has 0 fully saturated rings. The second kappa shape index (κ2) is 14.9. The summed E-state index contributed by atoms with van der Waals surface area (Å²) in [6.45, 7) is 11.5. The van der Waals surface area contributed by atoms with Gasteiger partial charge in [0.1, 0.15) is 0 Å². The number of carbonyl (C=O) groups is 3. The predicted molar refractivity (Wildman–Crippen MR) is 72.3 cm³/mol. The molecule has 0 bridgehead atoms. The number of rotatable bonds is 6. The van der Waals surface area contributed by atoms with Crippen LogP contribution in [-0.4, -0.2) is 46.0 Å². The van der Waals surface area contributed by atoms with Crippen molar-refractivity contribution in [3.63, 3.8) is 0 Å². The SMILES string of the molecule is C=CC(=O)OC(O)(O)O.C=CC(=O)OCCC.C=CC(=O)[O-]. The van der Waals surface area contributed by atoms with Crippen LogP contribution in [0.2, 0.25) is 0 Å². The number of hydrogen-bond acceptors (Lipinski definition) is 9. The Morgan fingerprint density at radius 3 is 1.64 bits per heavy atom. The Kier molecular flexibility index (Phi) is 16.6. The van der Waals surface area contributed by atoms with Crippen molar-refractivity contribution >= 4 is 17.9 Å². The van der Waals surface area contributed by atoms with Crippen LogP contribution in [0.15, 0.2) is 38.0 Å². The van der Waals surface area contributed by atoms with Gasteiger partial charge in [-0.05, 0) is 12.5 Å². The Labute approximate surface area is 127 Å². The monoisotopic (exact) mass is 319 g/mol. The summed E-state index contributed by atoms with van der Waals surface area (Å²) in [6, 6.07) is 0. The Hall–Kier alpha value is -2.49. The van der Waals surface area contributed by atoms with Gasteiger partial charge < -0.3 is 34.7 Å². The highest BCUT2D eigenvalue weighted by Crippen LogP contribution is 1.95. The highest BCUT2D eigenvalue weighted by Gasteiger charge is 2.22. The highest BCUT2D eigenvalue weighted by atomic mass is 16.9. The van der Waals surface area contributed by atoms with Gasteiger partial charge >= 0.3 is 18.1 Å². The normalized spacial score (nSPS) is 8.73. The van der Waals surface area contributed by atoms with Crippen molar-refractivity contribution in [1.29, 1.82) is 0 Å². The molecule has 0 spiro atoms. The number of ether oxygens (including phenoxy) is 2. The molecule has 0 atom stereocenters. The molecule has 0 aromatic rings. The van der Waals surface area contributed by atoms with Gasteiger partial charge in [0.05, 0.1) is 12.6 Å². The van der Waals surface area contributed by atoms with Gasteiger partial charge in [-0.15, -0.1) is 0 Å². The van der Waals surface area contributed by atoms with Crippen molar-refractivity contribution < 1.29 is 44.3 Å². The molecule has 9 heteroatoms. The summed E-state index contributed by atoms with van der Waals surface area (Å²) in [5.74, 6) is -2.70. The van der Waals surface area contributed by atoms with Crippen LogP contribution in [0, 0.1) is 0 Å². The van der Waals surface area contributed by atoms with Gasteiger partial charge in [-0.2, -0.15) is 0 Å². The fourth-order valence-corrected chi connectivity index (χ4v) is 0.438.